The van der Waals surface area contributed by atoms with E-state index in [-0.39, 0.29) is 20.4 Å². The van der Waals surface area contributed by atoms with Crippen molar-refractivity contribution in [2.45, 2.75) is 20.7 Å². The molecule has 0 aromatic heterocycles. The molecule has 0 fully saturated rings. The van der Waals surface area contributed by atoms with E-state index in [2.05, 4.69) is 15.2 Å². The number of azo groups is 1. The summed E-state index contributed by atoms with van der Waals surface area (Å²) < 4.78 is 59.6. The number of hydrogen-bond acceptors (Lipinski definition) is 7. The van der Waals surface area contributed by atoms with Gasteiger partial charge in [-0.3, -0.25) is 9.55 Å². The molecule has 8 nitrogen and oxygen atoms in total. The van der Waals surface area contributed by atoms with Crippen LogP contribution in [-0.2, 0) is 20.0 Å². The number of sulfone groups is 1. The zero-order valence-electron chi connectivity index (χ0n) is 18.6. The van der Waals surface area contributed by atoms with Crippen molar-refractivity contribution in [2.75, 3.05) is 0 Å². The molecule has 4 aromatic carbocycles. The SMILES string of the molecule is O=S(=O)(O)c1ccc2c(c1)=C(N=Nc1ccccc1S(=O)(=O)c1ccccc1)[C@H](c1ccccc1)N=2. The molecular formula is C26H19N3O5S2. The van der Waals surface area contributed by atoms with E-state index in [9.17, 15) is 21.4 Å². The lowest BCUT2D eigenvalue weighted by Gasteiger charge is -2.10. The van der Waals surface area contributed by atoms with Crippen molar-refractivity contribution >= 4 is 31.3 Å². The van der Waals surface area contributed by atoms with Gasteiger partial charge in [0.15, 0.2) is 0 Å². The fourth-order valence-electron chi connectivity index (χ4n) is 3.92. The van der Waals surface area contributed by atoms with Crippen LogP contribution in [0.25, 0.3) is 5.70 Å². The minimum Gasteiger partial charge on any atom is -0.282 e. The molecule has 0 radical (unpaired) electrons. The number of benzene rings is 4. The van der Waals surface area contributed by atoms with E-state index < -0.39 is 26.0 Å². The first-order chi connectivity index (χ1) is 17.2. The van der Waals surface area contributed by atoms with Crippen LogP contribution in [0.1, 0.15) is 11.6 Å². The summed E-state index contributed by atoms with van der Waals surface area (Å²) >= 11 is 0. The Bertz CT molecular complexity index is 1820. The Labute approximate surface area is 207 Å². The molecule has 0 saturated carbocycles. The van der Waals surface area contributed by atoms with E-state index >= 15 is 0 Å². The largest absolute Gasteiger partial charge is 0.294 e. The average Bonchev–Trinajstić information content (AvgIpc) is 3.26. The first-order valence-corrected chi connectivity index (χ1v) is 13.7. The highest BCUT2D eigenvalue weighted by molar-refractivity contribution is 7.91. The predicted octanol–water partition coefficient (Wildman–Crippen LogP) is 4.03. The van der Waals surface area contributed by atoms with Crippen LogP contribution < -0.4 is 10.6 Å². The summed E-state index contributed by atoms with van der Waals surface area (Å²) in [6.45, 7) is 0. The molecule has 180 valence electrons. The lowest BCUT2D eigenvalue weighted by molar-refractivity contribution is 0.483. The number of fused-ring (bicyclic) bond motifs is 1. The topological polar surface area (TPSA) is 126 Å². The second-order valence-electron chi connectivity index (χ2n) is 7.97. The summed E-state index contributed by atoms with van der Waals surface area (Å²) in [5, 5.41) is 9.54. The van der Waals surface area contributed by atoms with E-state index in [0.29, 0.717) is 16.3 Å². The van der Waals surface area contributed by atoms with E-state index in [4.69, 9.17) is 0 Å². The molecule has 10 heteroatoms. The van der Waals surface area contributed by atoms with Gasteiger partial charge in [-0.1, -0.05) is 60.7 Å². The van der Waals surface area contributed by atoms with Crippen LogP contribution in [0.4, 0.5) is 5.69 Å². The Kier molecular flexibility index (Phi) is 6.09. The second kappa shape index (κ2) is 9.23. The summed E-state index contributed by atoms with van der Waals surface area (Å²) in [7, 11) is -8.33. The highest BCUT2D eigenvalue weighted by Gasteiger charge is 2.25. The minimum absolute atomic E-state index is 0.0151. The van der Waals surface area contributed by atoms with Gasteiger partial charge in [0.1, 0.15) is 17.4 Å². The molecule has 0 unspecified atom stereocenters. The van der Waals surface area contributed by atoms with E-state index in [0.717, 1.165) is 5.56 Å². The maximum Gasteiger partial charge on any atom is 0.294 e. The fourth-order valence-corrected chi connectivity index (χ4v) is 5.84. The predicted molar refractivity (Wildman–Crippen MR) is 132 cm³/mol. The first kappa shape index (κ1) is 23.7. The number of nitrogens with zero attached hydrogens (tertiary/aromatic N) is 3. The molecule has 36 heavy (non-hydrogen) atoms. The molecule has 5 rings (SSSR count). The van der Waals surface area contributed by atoms with Gasteiger partial charge < -0.3 is 0 Å². The van der Waals surface area contributed by atoms with Gasteiger partial charge in [0.25, 0.3) is 10.1 Å². The molecule has 1 atom stereocenters. The smallest absolute Gasteiger partial charge is 0.282 e. The van der Waals surface area contributed by atoms with Crippen molar-refractivity contribution < 1.29 is 21.4 Å². The molecule has 4 aromatic rings. The minimum atomic E-state index is -4.46. The Hall–Kier alpha value is -3.99. The number of rotatable bonds is 6. The fraction of sp³-hybridized carbons (Fsp3) is 0.0385. The lowest BCUT2D eigenvalue weighted by atomic mass is 10.0. The van der Waals surface area contributed by atoms with Gasteiger partial charge in [-0.15, -0.1) is 5.11 Å². The van der Waals surface area contributed by atoms with Gasteiger partial charge in [-0.05, 0) is 48.0 Å². The highest BCUT2D eigenvalue weighted by Crippen LogP contribution is 2.33. The van der Waals surface area contributed by atoms with Crippen LogP contribution >= 0.6 is 0 Å². The van der Waals surface area contributed by atoms with Crippen molar-refractivity contribution in [1.29, 1.82) is 0 Å². The van der Waals surface area contributed by atoms with Gasteiger partial charge in [-0.25, -0.2) is 8.42 Å². The Morgan fingerprint density at radius 2 is 1.33 bits per heavy atom. The van der Waals surface area contributed by atoms with Gasteiger partial charge in [0.2, 0.25) is 9.84 Å². The van der Waals surface area contributed by atoms with Crippen molar-refractivity contribution in [3.63, 3.8) is 0 Å². The Morgan fingerprint density at radius 1 is 0.694 bits per heavy atom. The van der Waals surface area contributed by atoms with Crippen molar-refractivity contribution in [3.8, 4) is 0 Å². The summed E-state index contributed by atoms with van der Waals surface area (Å²) in [5.41, 5.74) is 1.25. The lowest BCUT2D eigenvalue weighted by Crippen LogP contribution is -2.24. The van der Waals surface area contributed by atoms with E-state index in [1.807, 2.05) is 30.3 Å². The second-order valence-corrected chi connectivity index (χ2v) is 11.3. The van der Waals surface area contributed by atoms with Crippen molar-refractivity contribution in [2.24, 2.45) is 15.2 Å². The summed E-state index contributed by atoms with van der Waals surface area (Å²) in [4.78, 5) is 4.48. The third-order valence-electron chi connectivity index (χ3n) is 5.66. The van der Waals surface area contributed by atoms with Crippen LogP contribution in [0.3, 0.4) is 0 Å². The molecule has 0 amide bonds. The zero-order chi connectivity index (χ0) is 25.3. The molecule has 1 heterocycles. The van der Waals surface area contributed by atoms with Crippen LogP contribution in [-0.4, -0.2) is 21.4 Å². The van der Waals surface area contributed by atoms with Crippen molar-refractivity contribution in [3.05, 3.63) is 119 Å². The Balaban J connectivity index is 1.68. The van der Waals surface area contributed by atoms with Gasteiger partial charge in [0, 0.05) is 5.22 Å². The van der Waals surface area contributed by atoms with Gasteiger partial charge in [0.05, 0.1) is 20.0 Å². The van der Waals surface area contributed by atoms with Gasteiger partial charge in [-0.2, -0.15) is 13.5 Å². The van der Waals surface area contributed by atoms with Gasteiger partial charge >= 0.3 is 0 Å². The molecule has 1 aliphatic rings. The third kappa shape index (κ3) is 4.49. The normalized spacial score (nSPS) is 15.6. The van der Waals surface area contributed by atoms with Crippen LogP contribution in [0.15, 0.2) is 133 Å². The van der Waals surface area contributed by atoms with E-state index in [1.54, 1.807) is 36.4 Å². The van der Waals surface area contributed by atoms with E-state index in [1.165, 1.54) is 36.4 Å². The summed E-state index contributed by atoms with van der Waals surface area (Å²) in [5.74, 6) is 0. The molecule has 1 N–H and O–H groups in total. The van der Waals surface area contributed by atoms with Crippen molar-refractivity contribution in [1.82, 2.24) is 0 Å². The summed E-state index contributed by atoms with van der Waals surface area (Å²) in [6.07, 6.45) is 0. The molecular weight excluding hydrogens is 498 g/mol. The standard InChI is InChI=1S/C26H19N3O5S2/c30-35(31,19-11-5-2-6-12-19)24-14-8-7-13-23(24)28-29-26-21-17-20(36(32,33)34)15-16-22(21)27-25(26)18-9-3-1-4-10-18/h1-17,25H,(H,32,33,34)/t25-/m0/s1. The molecule has 1 aliphatic heterocycles. The molecule has 0 saturated heterocycles. The van der Waals surface area contributed by atoms with Crippen LogP contribution in [0.2, 0.25) is 0 Å². The number of hydrogen-bond donors (Lipinski definition) is 1. The first-order valence-electron chi connectivity index (χ1n) is 10.8. The van der Waals surface area contributed by atoms with Crippen LogP contribution in [0.5, 0.6) is 0 Å². The maximum absolute atomic E-state index is 13.3. The highest BCUT2D eigenvalue weighted by atomic mass is 32.2. The zero-order valence-corrected chi connectivity index (χ0v) is 20.3. The summed E-state index contributed by atoms with van der Waals surface area (Å²) in [6, 6.07) is 27.0. The Morgan fingerprint density at radius 3 is 2.03 bits per heavy atom. The molecule has 0 bridgehead atoms. The third-order valence-corrected chi connectivity index (χ3v) is 8.32. The average molecular weight is 518 g/mol. The quantitative estimate of drug-likeness (QED) is 0.305. The maximum atomic E-state index is 13.3. The monoisotopic (exact) mass is 517 g/mol. The molecule has 0 spiro atoms. The van der Waals surface area contributed by atoms with Crippen LogP contribution in [0, 0.1) is 0 Å². The molecule has 0 aliphatic carbocycles.